The van der Waals surface area contributed by atoms with Crippen molar-refractivity contribution in [3.05, 3.63) is 64.6 Å². The zero-order valence-electron chi connectivity index (χ0n) is 21.2. The number of fused-ring (bicyclic) bond motifs is 3. The summed E-state index contributed by atoms with van der Waals surface area (Å²) in [5.74, 6) is 0.439. The first-order valence-corrected chi connectivity index (χ1v) is 13.2. The van der Waals surface area contributed by atoms with Gasteiger partial charge in [-0.2, -0.15) is 4.68 Å². The predicted octanol–water partition coefficient (Wildman–Crippen LogP) is 1.47. The van der Waals surface area contributed by atoms with Crippen LogP contribution in [0.3, 0.4) is 0 Å². The maximum atomic E-state index is 13.6. The second kappa shape index (κ2) is 9.25. The predicted molar refractivity (Wildman–Crippen MR) is 134 cm³/mol. The molecule has 2 fully saturated rings. The van der Waals surface area contributed by atoms with Crippen LogP contribution >= 0.6 is 0 Å². The molecule has 3 aliphatic heterocycles. The van der Waals surface area contributed by atoms with Gasteiger partial charge in [0.1, 0.15) is 12.4 Å². The number of hydrogen-bond donors (Lipinski definition) is 0. The summed E-state index contributed by atoms with van der Waals surface area (Å²) in [6.07, 6.45) is 5.54. The van der Waals surface area contributed by atoms with Crippen LogP contribution in [0.15, 0.2) is 36.8 Å². The molecule has 0 spiro atoms. The summed E-state index contributed by atoms with van der Waals surface area (Å²) < 4.78 is 13.2. The SMILES string of the molecule is C[C@@H]1Cc2cc([C@H]3CN4CCN(C(=O)C5CCc6cc(-n7cnnn7)ncc65)C[C@H]4CO3)ccc2C(=O)O1. The number of tetrazole rings is 1. The summed E-state index contributed by atoms with van der Waals surface area (Å²) in [5.41, 5.74) is 4.93. The van der Waals surface area contributed by atoms with Gasteiger partial charge in [-0.05, 0) is 64.6 Å². The van der Waals surface area contributed by atoms with Crippen molar-refractivity contribution < 1.29 is 19.1 Å². The van der Waals surface area contributed by atoms with E-state index in [4.69, 9.17) is 9.47 Å². The van der Waals surface area contributed by atoms with Crippen LogP contribution in [0.25, 0.3) is 5.82 Å². The maximum absolute atomic E-state index is 13.6. The molecule has 4 atom stereocenters. The van der Waals surface area contributed by atoms with Crippen molar-refractivity contribution in [1.29, 1.82) is 0 Å². The minimum Gasteiger partial charge on any atom is -0.459 e. The van der Waals surface area contributed by atoms with Crippen LogP contribution in [0.5, 0.6) is 0 Å². The van der Waals surface area contributed by atoms with E-state index in [0.29, 0.717) is 31.1 Å². The van der Waals surface area contributed by atoms with E-state index in [-0.39, 0.29) is 36.0 Å². The normalized spacial score (nSPS) is 26.9. The molecule has 0 bridgehead atoms. The molecule has 0 radical (unpaired) electrons. The number of ether oxygens (including phenoxy) is 2. The Morgan fingerprint density at radius 1 is 1.13 bits per heavy atom. The van der Waals surface area contributed by atoms with E-state index in [1.54, 1.807) is 0 Å². The van der Waals surface area contributed by atoms with Crippen LogP contribution in [-0.2, 0) is 27.1 Å². The lowest BCUT2D eigenvalue weighted by Gasteiger charge is -2.46. The summed E-state index contributed by atoms with van der Waals surface area (Å²) in [5, 5.41) is 11.3. The molecule has 1 aromatic carbocycles. The Bertz CT molecular complexity index is 1390. The monoisotopic (exact) mass is 515 g/mol. The number of rotatable bonds is 3. The van der Waals surface area contributed by atoms with Gasteiger partial charge in [0.15, 0.2) is 5.82 Å². The van der Waals surface area contributed by atoms with Gasteiger partial charge < -0.3 is 14.4 Å². The van der Waals surface area contributed by atoms with E-state index < -0.39 is 0 Å². The highest BCUT2D eigenvalue weighted by Crippen LogP contribution is 2.36. The quantitative estimate of drug-likeness (QED) is 0.478. The van der Waals surface area contributed by atoms with Crippen molar-refractivity contribution in [2.24, 2.45) is 0 Å². The summed E-state index contributed by atoms with van der Waals surface area (Å²) in [6, 6.07) is 8.11. The third-order valence-electron chi connectivity index (χ3n) is 8.31. The molecule has 2 aromatic heterocycles. The number of amides is 1. The smallest absolute Gasteiger partial charge is 0.338 e. The summed E-state index contributed by atoms with van der Waals surface area (Å²) in [4.78, 5) is 34.7. The van der Waals surface area contributed by atoms with Crippen LogP contribution in [-0.4, -0.2) is 91.8 Å². The highest BCUT2D eigenvalue weighted by atomic mass is 16.5. The molecule has 5 heterocycles. The van der Waals surface area contributed by atoms with Crippen molar-refractivity contribution >= 4 is 11.9 Å². The average molecular weight is 516 g/mol. The summed E-state index contributed by atoms with van der Waals surface area (Å²) >= 11 is 0. The average Bonchev–Trinajstić information content (AvgIpc) is 3.62. The molecular formula is C27H29N7O4. The number of piperazine rings is 1. The van der Waals surface area contributed by atoms with Crippen LogP contribution in [0.2, 0.25) is 0 Å². The van der Waals surface area contributed by atoms with Gasteiger partial charge in [0.2, 0.25) is 5.91 Å². The van der Waals surface area contributed by atoms with Crippen molar-refractivity contribution in [2.75, 3.05) is 32.8 Å². The van der Waals surface area contributed by atoms with Gasteiger partial charge in [0.25, 0.3) is 0 Å². The molecule has 196 valence electrons. The van der Waals surface area contributed by atoms with Crippen LogP contribution in [0.1, 0.15) is 58.0 Å². The highest BCUT2D eigenvalue weighted by molar-refractivity contribution is 5.92. The van der Waals surface area contributed by atoms with E-state index in [0.717, 1.165) is 54.6 Å². The van der Waals surface area contributed by atoms with Crippen LogP contribution < -0.4 is 0 Å². The molecule has 38 heavy (non-hydrogen) atoms. The molecule has 1 aliphatic carbocycles. The third-order valence-corrected chi connectivity index (χ3v) is 8.31. The first-order valence-electron chi connectivity index (χ1n) is 13.2. The van der Waals surface area contributed by atoms with Gasteiger partial charge in [-0.1, -0.05) is 12.1 Å². The van der Waals surface area contributed by atoms with Gasteiger partial charge in [0, 0.05) is 38.8 Å². The number of aromatic nitrogens is 5. The minimum atomic E-state index is -0.246. The molecule has 11 heteroatoms. The third kappa shape index (κ3) is 4.06. The molecule has 7 rings (SSSR count). The fourth-order valence-corrected chi connectivity index (χ4v) is 6.31. The van der Waals surface area contributed by atoms with Gasteiger partial charge in [-0.3, -0.25) is 9.69 Å². The number of carbonyl (C=O) groups is 2. The molecule has 0 N–H and O–H groups in total. The molecule has 1 amide bonds. The maximum Gasteiger partial charge on any atom is 0.338 e. The summed E-state index contributed by atoms with van der Waals surface area (Å²) in [7, 11) is 0. The minimum absolute atomic E-state index is 0.0470. The van der Waals surface area contributed by atoms with Crippen molar-refractivity contribution in [1.82, 2.24) is 35.0 Å². The second-order valence-corrected chi connectivity index (χ2v) is 10.7. The van der Waals surface area contributed by atoms with Crippen molar-refractivity contribution in [2.45, 2.75) is 50.4 Å². The number of hydrogen-bond acceptors (Lipinski definition) is 9. The van der Waals surface area contributed by atoms with E-state index in [1.807, 2.05) is 36.2 Å². The van der Waals surface area contributed by atoms with E-state index in [1.165, 1.54) is 11.0 Å². The van der Waals surface area contributed by atoms with Gasteiger partial charge in [-0.15, -0.1) is 5.10 Å². The molecule has 1 unspecified atom stereocenters. The Morgan fingerprint density at radius 2 is 2.05 bits per heavy atom. The number of morpholine rings is 1. The Balaban J connectivity index is 1.01. The first-order chi connectivity index (χ1) is 18.5. The fourth-order valence-electron chi connectivity index (χ4n) is 6.31. The standard InChI is InChI=1S/C27H29N7O4/c1-16-8-19-9-18(3-4-21(19)27(36)38-16)24-13-32-6-7-33(12-20(32)14-37-24)26(35)22-5-2-17-10-25(28-11-23(17)22)34-15-29-30-31-34/h3-4,9-11,15-16,20,22,24H,2,5-8,12-14H2,1H3/t16-,20+,22?,24-/m1/s1. The lowest BCUT2D eigenvalue weighted by atomic mass is 9.94. The molecule has 3 aromatic rings. The van der Waals surface area contributed by atoms with Gasteiger partial charge in [-0.25, -0.2) is 9.78 Å². The van der Waals surface area contributed by atoms with Crippen molar-refractivity contribution in [3.8, 4) is 5.82 Å². The van der Waals surface area contributed by atoms with Crippen molar-refractivity contribution in [3.63, 3.8) is 0 Å². The first kappa shape index (κ1) is 23.4. The molecule has 2 saturated heterocycles. The topological polar surface area (TPSA) is 116 Å². The number of esters is 1. The van der Waals surface area contributed by atoms with E-state index >= 15 is 0 Å². The Morgan fingerprint density at radius 3 is 2.92 bits per heavy atom. The van der Waals surface area contributed by atoms with Gasteiger partial charge in [0.05, 0.1) is 30.2 Å². The number of cyclic esters (lactones) is 1. The number of aryl methyl sites for hydroxylation is 1. The number of carbonyl (C=O) groups excluding carboxylic acids is 2. The molecule has 0 saturated carbocycles. The molecule has 4 aliphatic rings. The Labute approximate surface area is 219 Å². The van der Waals surface area contributed by atoms with E-state index in [2.05, 4.69) is 31.5 Å². The Hall–Kier alpha value is -3.70. The summed E-state index contributed by atoms with van der Waals surface area (Å²) in [6.45, 7) is 5.47. The highest BCUT2D eigenvalue weighted by Gasteiger charge is 2.39. The number of pyridine rings is 1. The van der Waals surface area contributed by atoms with Crippen LogP contribution in [0, 0.1) is 0 Å². The Kier molecular flexibility index (Phi) is 5.70. The fraction of sp³-hybridized carbons (Fsp3) is 0.481. The lowest BCUT2D eigenvalue weighted by molar-refractivity contribution is -0.141. The van der Waals surface area contributed by atoms with E-state index in [9.17, 15) is 9.59 Å². The second-order valence-electron chi connectivity index (χ2n) is 10.7. The molecular weight excluding hydrogens is 486 g/mol. The van der Waals surface area contributed by atoms with Crippen LogP contribution in [0.4, 0.5) is 0 Å². The van der Waals surface area contributed by atoms with Gasteiger partial charge >= 0.3 is 5.97 Å². The number of nitrogens with zero attached hydrogens (tertiary/aromatic N) is 7. The zero-order valence-corrected chi connectivity index (χ0v) is 21.2. The molecule has 11 nitrogen and oxygen atoms in total. The lowest BCUT2D eigenvalue weighted by Crippen LogP contribution is -2.60. The largest absolute Gasteiger partial charge is 0.459 e. The zero-order chi connectivity index (χ0) is 25.8. The number of benzene rings is 1.